The van der Waals surface area contributed by atoms with E-state index < -0.39 is 0 Å². The van der Waals surface area contributed by atoms with E-state index in [1.165, 1.54) is 6.42 Å². The molecule has 0 aromatic rings. The van der Waals surface area contributed by atoms with E-state index in [-0.39, 0.29) is 0 Å². The second kappa shape index (κ2) is 3.96. The lowest BCUT2D eigenvalue weighted by molar-refractivity contribution is 0.0762. The van der Waals surface area contributed by atoms with Crippen molar-refractivity contribution in [1.82, 2.24) is 10.6 Å². The van der Waals surface area contributed by atoms with Crippen molar-refractivity contribution in [2.45, 2.75) is 31.8 Å². The molecule has 0 aromatic heterocycles. The molecule has 2 atom stereocenters. The van der Waals surface area contributed by atoms with Crippen molar-refractivity contribution in [2.75, 3.05) is 19.8 Å². The predicted molar refractivity (Wildman–Crippen MR) is 51.9 cm³/mol. The van der Waals surface area contributed by atoms with Gasteiger partial charge in [0.2, 0.25) is 0 Å². The molecular weight excluding hydrogens is 166 g/mol. The first kappa shape index (κ1) is 8.81. The monoisotopic (exact) mass is 183 g/mol. The fraction of sp³-hybridized carbons (Fsp3) is 0.889. The number of nitrogens with one attached hydrogen (secondary N) is 2. The van der Waals surface area contributed by atoms with Crippen molar-refractivity contribution in [3.63, 3.8) is 0 Å². The minimum atomic E-state index is 0.449. The Morgan fingerprint density at radius 3 is 3.15 bits per heavy atom. The molecule has 0 aromatic carbocycles. The molecule has 13 heavy (non-hydrogen) atoms. The Morgan fingerprint density at radius 2 is 2.54 bits per heavy atom. The molecular formula is C9H17N3O. The molecule has 0 saturated carbocycles. The number of hydrogen-bond acceptors (Lipinski definition) is 4. The molecule has 1 saturated heterocycles. The van der Waals surface area contributed by atoms with Crippen LogP contribution < -0.4 is 10.6 Å². The molecule has 0 amide bonds. The third-order valence-corrected chi connectivity index (χ3v) is 2.41. The van der Waals surface area contributed by atoms with Gasteiger partial charge < -0.3 is 15.4 Å². The van der Waals surface area contributed by atoms with Crippen LogP contribution in [0.1, 0.15) is 19.8 Å². The molecule has 2 heterocycles. The van der Waals surface area contributed by atoms with E-state index in [2.05, 4.69) is 22.5 Å². The highest BCUT2D eigenvalue weighted by Crippen LogP contribution is 2.06. The minimum absolute atomic E-state index is 0.449. The average Bonchev–Trinajstić information content (AvgIpc) is 2.53. The molecule has 0 radical (unpaired) electrons. The smallest absolute Gasteiger partial charge is 0.191 e. The van der Waals surface area contributed by atoms with Crippen molar-refractivity contribution in [1.29, 1.82) is 0 Å². The van der Waals surface area contributed by atoms with Gasteiger partial charge in [0.25, 0.3) is 0 Å². The zero-order valence-corrected chi connectivity index (χ0v) is 8.05. The fourth-order valence-corrected chi connectivity index (χ4v) is 1.69. The zero-order valence-electron chi connectivity index (χ0n) is 8.05. The van der Waals surface area contributed by atoms with Crippen LogP contribution >= 0.6 is 0 Å². The zero-order chi connectivity index (χ0) is 9.10. The van der Waals surface area contributed by atoms with E-state index in [0.29, 0.717) is 12.1 Å². The van der Waals surface area contributed by atoms with Gasteiger partial charge in [-0.05, 0) is 19.8 Å². The maximum atomic E-state index is 5.37. The van der Waals surface area contributed by atoms with E-state index in [0.717, 1.165) is 32.1 Å². The summed E-state index contributed by atoms with van der Waals surface area (Å²) in [7, 11) is 0. The van der Waals surface area contributed by atoms with E-state index >= 15 is 0 Å². The topological polar surface area (TPSA) is 45.7 Å². The number of nitrogens with zero attached hydrogens (tertiary/aromatic N) is 1. The summed E-state index contributed by atoms with van der Waals surface area (Å²) >= 11 is 0. The molecule has 0 bridgehead atoms. The summed E-state index contributed by atoms with van der Waals surface area (Å²) in [5.74, 6) is 0.947. The molecule has 4 nitrogen and oxygen atoms in total. The molecule has 74 valence electrons. The Morgan fingerprint density at radius 1 is 1.62 bits per heavy atom. The molecule has 1 fully saturated rings. The molecule has 4 heteroatoms. The lowest BCUT2D eigenvalue weighted by Crippen LogP contribution is -2.46. The van der Waals surface area contributed by atoms with E-state index in [1.54, 1.807) is 0 Å². The van der Waals surface area contributed by atoms with Crippen LogP contribution in [0.25, 0.3) is 0 Å². The minimum Gasteiger partial charge on any atom is -0.379 e. The second-order valence-electron chi connectivity index (χ2n) is 3.79. The molecule has 2 rings (SSSR count). The van der Waals surface area contributed by atoms with Crippen LogP contribution in [0.15, 0.2) is 4.99 Å². The van der Waals surface area contributed by atoms with Gasteiger partial charge in [-0.25, -0.2) is 0 Å². The van der Waals surface area contributed by atoms with E-state index in [9.17, 15) is 0 Å². The maximum absolute atomic E-state index is 5.37. The number of guanidine groups is 1. The van der Waals surface area contributed by atoms with Crippen molar-refractivity contribution in [3.8, 4) is 0 Å². The van der Waals surface area contributed by atoms with Gasteiger partial charge in [0.15, 0.2) is 5.96 Å². The van der Waals surface area contributed by atoms with Gasteiger partial charge in [-0.1, -0.05) is 0 Å². The number of aliphatic imine (C=N–C) groups is 1. The predicted octanol–water partition coefficient (Wildman–Crippen LogP) is 0.103. The fourth-order valence-electron chi connectivity index (χ4n) is 1.69. The van der Waals surface area contributed by atoms with Gasteiger partial charge >= 0.3 is 0 Å². The van der Waals surface area contributed by atoms with Gasteiger partial charge in [0, 0.05) is 12.6 Å². The highest BCUT2D eigenvalue weighted by atomic mass is 16.5. The van der Waals surface area contributed by atoms with Crippen LogP contribution in [0.2, 0.25) is 0 Å². The van der Waals surface area contributed by atoms with Gasteiger partial charge in [0.05, 0.1) is 19.2 Å². The summed E-state index contributed by atoms with van der Waals surface area (Å²) in [6.07, 6.45) is 2.34. The van der Waals surface area contributed by atoms with Gasteiger partial charge in [0.1, 0.15) is 0 Å². The van der Waals surface area contributed by atoms with Crippen LogP contribution in [0.4, 0.5) is 0 Å². The third kappa shape index (κ3) is 2.34. The van der Waals surface area contributed by atoms with Crippen LogP contribution in [0.3, 0.4) is 0 Å². The largest absolute Gasteiger partial charge is 0.379 e. The summed E-state index contributed by atoms with van der Waals surface area (Å²) < 4.78 is 5.37. The van der Waals surface area contributed by atoms with Crippen molar-refractivity contribution >= 4 is 5.96 Å². The standard InChI is InChI=1S/C9H17N3O/c1-7-5-10-9(11-7)12-8-3-2-4-13-6-8/h7-8H,2-6H2,1H3,(H2,10,11,12). The molecule has 2 aliphatic heterocycles. The average molecular weight is 183 g/mol. The van der Waals surface area contributed by atoms with E-state index in [1.807, 2.05) is 0 Å². The molecule has 0 aliphatic carbocycles. The van der Waals surface area contributed by atoms with Crippen molar-refractivity contribution < 1.29 is 4.74 Å². The maximum Gasteiger partial charge on any atom is 0.191 e. The quantitative estimate of drug-likeness (QED) is 0.606. The molecule has 0 spiro atoms. The third-order valence-electron chi connectivity index (χ3n) is 2.41. The summed E-state index contributed by atoms with van der Waals surface area (Å²) in [5, 5.41) is 6.65. The Labute approximate surface area is 78.8 Å². The Hall–Kier alpha value is -0.770. The number of ether oxygens (including phenoxy) is 1. The van der Waals surface area contributed by atoms with Crippen LogP contribution in [-0.4, -0.2) is 37.8 Å². The summed E-state index contributed by atoms with van der Waals surface area (Å²) in [6, 6.07) is 0.928. The number of rotatable bonds is 1. The van der Waals surface area contributed by atoms with Gasteiger partial charge in [-0.2, -0.15) is 0 Å². The van der Waals surface area contributed by atoms with Crippen LogP contribution in [0, 0.1) is 0 Å². The van der Waals surface area contributed by atoms with Crippen LogP contribution in [0.5, 0.6) is 0 Å². The summed E-state index contributed by atoms with van der Waals surface area (Å²) in [6.45, 7) is 4.75. The van der Waals surface area contributed by atoms with Gasteiger partial charge in [-0.3, -0.25) is 4.99 Å². The molecule has 2 aliphatic rings. The summed E-state index contributed by atoms with van der Waals surface area (Å²) in [5.41, 5.74) is 0. The lowest BCUT2D eigenvalue weighted by atomic mass is 10.1. The van der Waals surface area contributed by atoms with Crippen LogP contribution in [-0.2, 0) is 4.74 Å². The second-order valence-corrected chi connectivity index (χ2v) is 3.79. The van der Waals surface area contributed by atoms with Gasteiger partial charge in [-0.15, -0.1) is 0 Å². The highest BCUT2D eigenvalue weighted by Gasteiger charge is 2.18. The number of hydrogen-bond donors (Lipinski definition) is 2. The molecule has 2 N–H and O–H groups in total. The summed E-state index contributed by atoms with van der Waals surface area (Å²) in [4.78, 5) is 4.35. The van der Waals surface area contributed by atoms with Crippen molar-refractivity contribution in [2.24, 2.45) is 4.99 Å². The SMILES string of the molecule is CC1CN=C(NC2CCCOC2)N1. The first-order valence-electron chi connectivity index (χ1n) is 5.00. The highest BCUT2D eigenvalue weighted by molar-refractivity contribution is 5.82. The molecule has 2 unspecified atom stereocenters. The normalized spacial score (nSPS) is 33.8. The lowest BCUT2D eigenvalue weighted by Gasteiger charge is -2.24. The van der Waals surface area contributed by atoms with E-state index in [4.69, 9.17) is 4.74 Å². The van der Waals surface area contributed by atoms with Crippen molar-refractivity contribution in [3.05, 3.63) is 0 Å². The first-order chi connectivity index (χ1) is 6.34. The Bertz CT molecular complexity index is 199. The first-order valence-corrected chi connectivity index (χ1v) is 5.00. The Balaban J connectivity index is 1.77. The Kier molecular flexibility index (Phi) is 2.68.